The predicted molar refractivity (Wildman–Crippen MR) is 124 cm³/mol. The fourth-order valence-electron chi connectivity index (χ4n) is 2.61. The van der Waals surface area contributed by atoms with Gasteiger partial charge in [0, 0.05) is 19.3 Å². The number of hydrogen-bond donors (Lipinski definition) is 3. The number of carbonyl (C=O) groups excluding carboxylic acids is 3. The Morgan fingerprint density at radius 1 is 1.00 bits per heavy atom. The van der Waals surface area contributed by atoms with Crippen molar-refractivity contribution >= 4 is 29.6 Å². The van der Waals surface area contributed by atoms with Crippen LogP contribution in [0.25, 0.3) is 0 Å². The number of nitrogens with zero attached hydrogens (tertiary/aromatic N) is 1. The molecule has 0 spiro atoms. The molecule has 176 valence electrons. The van der Waals surface area contributed by atoms with Crippen LogP contribution < -0.4 is 25.5 Å². The molecular formula is C23H28N4O6. The maximum atomic E-state index is 12.2. The monoisotopic (exact) mass is 456 g/mol. The summed E-state index contributed by atoms with van der Waals surface area (Å²) in [5.41, 5.74) is 4.59. The van der Waals surface area contributed by atoms with Gasteiger partial charge in [0.15, 0.2) is 18.1 Å². The third kappa shape index (κ3) is 8.62. The maximum absolute atomic E-state index is 12.2. The van der Waals surface area contributed by atoms with Gasteiger partial charge in [-0.3, -0.25) is 14.4 Å². The van der Waals surface area contributed by atoms with E-state index in [1.54, 1.807) is 18.2 Å². The summed E-state index contributed by atoms with van der Waals surface area (Å²) in [6.07, 6.45) is 2.27. The quantitative estimate of drug-likeness (QED) is 0.203. The average molecular weight is 456 g/mol. The van der Waals surface area contributed by atoms with Crippen molar-refractivity contribution in [3.8, 4) is 11.5 Å². The lowest BCUT2D eigenvalue weighted by molar-refractivity contribution is -0.139. The van der Waals surface area contributed by atoms with E-state index in [0.717, 1.165) is 6.42 Å². The number of carbonyl (C=O) groups is 3. The van der Waals surface area contributed by atoms with Gasteiger partial charge in [0.2, 0.25) is 0 Å². The molecule has 3 N–H and O–H groups in total. The van der Waals surface area contributed by atoms with E-state index in [1.165, 1.54) is 26.0 Å². The van der Waals surface area contributed by atoms with E-state index in [-0.39, 0.29) is 19.1 Å². The zero-order valence-corrected chi connectivity index (χ0v) is 18.8. The van der Waals surface area contributed by atoms with E-state index in [9.17, 15) is 14.4 Å². The Hall–Kier alpha value is -3.92. The minimum atomic E-state index is -0.899. The number of benzene rings is 2. The molecule has 0 unspecified atom stereocenters. The molecule has 0 aliphatic rings. The summed E-state index contributed by atoms with van der Waals surface area (Å²) in [6.45, 7) is 2.37. The summed E-state index contributed by atoms with van der Waals surface area (Å²) < 4.78 is 15.7. The van der Waals surface area contributed by atoms with Crippen LogP contribution in [0.1, 0.15) is 18.1 Å². The number of anilines is 1. The average Bonchev–Trinajstić information content (AvgIpc) is 2.83. The van der Waals surface area contributed by atoms with Crippen molar-refractivity contribution in [1.82, 2.24) is 10.7 Å². The Kier molecular flexibility index (Phi) is 10.4. The van der Waals surface area contributed by atoms with E-state index in [4.69, 9.17) is 14.2 Å². The van der Waals surface area contributed by atoms with E-state index in [1.807, 2.05) is 24.3 Å². The Labute approximate surface area is 192 Å². The van der Waals surface area contributed by atoms with Crippen molar-refractivity contribution in [2.75, 3.05) is 39.3 Å². The van der Waals surface area contributed by atoms with Crippen molar-refractivity contribution in [2.24, 2.45) is 5.10 Å². The minimum absolute atomic E-state index is 0.201. The standard InChI is InChI=1S/C23H28N4O6/c1-4-16-5-8-18(9-6-16)26-21(28)15-33-19-10-7-17(13-20(19)32-3)14-25-27-23(30)22(29)24-11-12-31-2/h5-10,13-14H,4,11-12,15H2,1-3H3,(H,24,29)(H,26,28)(H,27,30)/b25-14-. The summed E-state index contributed by atoms with van der Waals surface area (Å²) in [5, 5.41) is 8.90. The molecular weight excluding hydrogens is 428 g/mol. The second kappa shape index (κ2) is 13.5. The highest BCUT2D eigenvalue weighted by Gasteiger charge is 2.12. The molecule has 2 aromatic carbocycles. The SMILES string of the molecule is CCc1ccc(NC(=O)COc2ccc(/C=N\NC(=O)C(=O)NCCOC)cc2OC)cc1. The van der Waals surface area contributed by atoms with Gasteiger partial charge in [0.1, 0.15) is 0 Å². The van der Waals surface area contributed by atoms with Gasteiger partial charge in [-0.2, -0.15) is 5.10 Å². The van der Waals surface area contributed by atoms with E-state index < -0.39 is 11.8 Å². The van der Waals surface area contributed by atoms with Crippen molar-refractivity contribution < 1.29 is 28.6 Å². The lowest BCUT2D eigenvalue weighted by Crippen LogP contribution is -2.39. The first-order valence-corrected chi connectivity index (χ1v) is 10.3. The summed E-state index contributed by atoms with van der Waals surface area (Å²) in [5.74, 6) is -1.27. The van der Waals surface area contributed by atoms with Crippen molar-refractivity contribution in [3.63, 3.8) is 0 Å². The zero-order valence-electron chi connectivity index (χ0n) is 18.8. The number of hydrogen-bond acceptors (Lipinski definition) is 7. The minimum Gasteiger partial charge on any atom is -0.493 e. The van der Waals surface area contributed by atoms with Gasteiger partial charge < -0.3 is 24.8 Å². The molecule has 0 heterocycles. The summed E-state index contributed by atoms with van der Waals surface area (Å²) in [6, 6.07) is 12.5. The molecule has 0 saturated carbocycles. The second-order valence-corrected chi connectivity index (χ2v) is 6.75. The molecule has 10 nitrogen and oxygen atoms in total. The lowest BCUT2D eigenvalue weighted by atomic mass is 10.1. The summed E-state index contributed by atoms with van der Waals surface area (Å²) in [4.78, 5) is 35.4. The van der Waals surface area contributed by atoms with Crippen molar-refractivity contribution in [1.29, 1.82) is 0 Å². The fraction of sp³-hybridized carbons (Fsp3) is 0.304. The first kappa shape index (κ1) is 25.3. The van der Waals surface area contributed by atoms with Crippen LogP contribution in [0.2, 0.25) is 0 Å². The summed E-state index contributed by atoms with van der Waals surface area (Å²) in [7, 11) is 2.95. The van der Waals surface area contributed by atoms with E-state index in [2.05, 4.69) is 28.1 Å². The van der Waals surface area contributed by atoms with Crippen LogP contribution in [-0.4, -0.2) is 57.9 Å². The molecule has 2 rings (SSSR count). The third-order valence-electron chi connectivity index (χ3n) is 4.37. The number of aryl methyl sites for hydroxylation is 1. The van der Waals surface area contributed by atoms with Gasteiger partial charge in [0.05, 0.1) is 19.9 Å². The molecule has 0 atom stereocenters. The van der Waals surface area contributed by atoms with Gasteiger partial charge in [-0.05, 0) is 47.9 Å². The Balaban J connectivity index is 1.87. The van der Waals surface area contributed by atoms with E-state index in [0.29, 0.717) is 29.4 Å². The highest BCUT2D eigenvalue weighted by atomic mass is 16.5. The number of nitrogens with one attached hydrogen (secondary N) is 3. The molecule has 0 bridgehead atoms. The maximum Gasteiger partial charge on any atom is 0.329 e. The number of amides is 3. The van der Waals surface area contributed by atoms with Crippen LogP contribution in [0.4, 0.5) is 5.69 Å². The smallest absolute Gasteiger partial charge is 0.329 e. The zero-order chi connectivity index (χ0) is 24.1. The highest BCUT2D eigenvalue weighted by Crippen LogP contribution is 2.27. The molecule has 0 aliphatic carbocycles. The van der Waals surface area contributed by atoms with Crippen molar-refractivity contribution in [2.45, 2.75) is 13.3 Å². The number of hydrazone groups is 1. The Bertz CT molecular complexity index is 975. The second-order valence-electron chi connectivity index (χ2n) is 6.75. The fourth-order valence-corrected chi connectivity index (χ4v) is 2.61. The molecule has 10 heteroatoms. The lowest BCUT2D eigenvalue weighted by Gasteiger charge is -2.11. The van der Waals surface area contributed by atoms with Gasteiger partial charge in [-0.25, -0.2) is 5.43 Å². The third-order valence-corrected chi connectivity index (χ3v) is 4.37. The summed E-state index contributed by atoms with van der Waals surface area (Å²) >= 11 is 0. The molecule has 0 radical (unpaired) electrons. The molecule has 2 aromatic rings. The van der Waals surface area contributed by atoms with Crippen LogP contribution in [0.15, 0.2) is 47.6 Å². The first-order valence-electron chi connectivity index (χ1n) is 10.3. The van der Waals surface area contributed by atoms with Crippen LogP contribution in [0, 0.1) is 0 Å². The topological polar surface area (TPSA) is 127 Å². The van der Waals surface area contributed by atoms with Crippen LogP contribution in [0.5, 0.6) is 11.5 Å². The van der Waals surface area contributed by atoms with Gasteiger partial charge in [-0.15, -0.1) is 0 Å². The van der Waals surface area contributed by atoms with E-state index >= 15 is 0 Å². The van der Waals surface area contributed by atoms with Gasteiger partial charge in [-0.1, -0.05) is 19.1 Å². The largest absolute Gasteiger partial charge is 0.493 e. The van der Waals surface area contributed by atoms with Crippen LogP contribution in [0.3, 0.4) is 0 Å². The molecule has 0 saturated heterocycles. The Morgan fingerprint density at radius 2 is 1.76 bits per heavy atom. The van der Waals surface area contributed by atoms with Crippen LogP contribution >= 0.6 is 0 Å². The van der Waals surface area contributed by atoms with Gasteiger partial charge in [0.25, 0.3) is 5.91 Å². The number of ether oxygens (including phenoxy) is 3. The first-order chi connectivity index (χ1) is 16.0. The van der Waals surface area contributed by atoms with Crippen LogP contribution in [-0.2, 0) is 25.5 Å². The molecule has 0 aliphatic heterocycles. The van der Waals surface area contributed by atoms with Gasteiger partial charge >= 0.3 is 11.8 Å². The normalized spacial score (nSPS) is 10.5. The number of rotatable bonds is 11. The number of methoxy groups -OCH3 is 2. The predicted octanol–water partition coefficient (Wildman–Crippen LogP) is 1.49. The molecule has 3 amide bonds. The van der Waals surface area contributed by atoms with Crippen molar-refractivity contribution in [3.05, 3.63) is 53.6 Å². The highest BCUT2D eigenvalue weighted by molar-refractivity contribution is 6.35. The Morgan fingerprint density at radius 3 is 2.42 bits per heavy atom. The molecule has 0 fully saturated rings. The molecule has 33 heavy (non-hydrogen) atoms. The molecule has 0 aromatic heterocycles.